The van der Waals surface area contributed by atoms with Gasteiger partial charge in [-0.2, -0.15) is 0 Å². The molecule has 0 aromatic heterocycles. The van der Waals surface area contributed by atoms with Crippen LogP contribution in [0.4, 0.5) is 0 Å². The lowest BCUT2D eigenvalue weighted by Gasteiger charge is -2.12. The first kappa shape index (κ1) is 21.9. The van der Waals surface area contributed by atoms with Crippen molar-refractivity contribution < 1.29 is 19.1 Å². The molecule has 1 aromatic carbocycles. The van der Waals surface area contributed by atoms with E-state index in [2.05, 4.69) is 13.8 Å². The van der Waals surface area contributed by atoms with E-state index in [1.807, 2.05) is 36.4 Å². The molecule has 0 heterocycles. The first-order chi connectivity index (χ1) is 12.7. The SMILES string of the molecule is CCCCCOC(=O)CC(/C=C/c1ccccc1)C(=O)OCCCCC. The summed E-state index contributed by atoms with van der Waals surface area (Å²) in [6, 6.07) is 9.69. The number of esters is 2. The average molecular weight is 360 g/mol. The van der Waals surface area contributed by atoms with E-state index in [-0.39, 0.29) is 18.4 Å². The van der Waals surface area contributed by atoms with E-state index in [1.165, 1.54) is 0 Å². The predicted octanol–water partition coefficient (Wildman–Crippen LogP) is 5.17. The van der Waals surface area contributed by atoms with Crippen LogP contribution in [0.2, 0.25) is 0 Å². The summed E-state index contributed by atoms with van der Waals surface area (Å²) in [6.07, 6.45) is 9.51. The molecule has 0 aliphatic carbocycles. The van der Waals surface area contributed by atoms with Crippen molar-refractivity contribution in [3.05, 3.63) is 42.0 Å². The predicted molar refractivity (Wildman–Crippen MR) is 105 cm³/mol. The fourth-order valence-electron chi connectivity index (χ4n) is 2.43. The molecule has 0 saturated heterocycles. The molecule has 1 unspecified atom stereocenters. The maximum absolute atomic E-state index is 12.4. The smallest absolute Gasteiger partial charge is 0.313 e. The quantitative estimate of drug-likeness (QED) is 0.359. The van der Waals surface area contributed by atoms with Crippen molar-refractivity contribution in [2.24, 2.45) is 5.92 Å². The zero-order chi connectivity index (χ0) is 19.0. The lowest BCUT2D eigenvalue weighted by atomic mass is 10.0. The van der Waals surface area contributed by atoms with Gasteiger partial charge in [-0.05, 0) is 18.4 Å². The van der Waals surface area contributed by atoms with Crippen molar-refractivity contribution in [3.63, 3.8) is 0 Å². The molecule has 0 aliphatic heterocycles. The Kier molecular flexibility index (Phi) is 11.9. The second kappa shape index (κ2) is 14.1. The Bertz CT molecular complexity index is 536. The van der Waals surface area contributed by atoms with Crippen molar-refractivity contribution in [1.29, 1.82) is 0 Å². The van der Waals surface area contributed by atoms with Gasteiger partial charge in [0.05, 0.1) is 25.6 Å². The van der Waals surface area contributed by atoms with Gasteiger partial charge in [0.2, 0.25) is 0 Å². The maximum Gasteiger partial charge on any atom is 0.313 e. The zero-order valence-corrected chi connectivity index (χ0v) is 16.1. The summed E-state index contributed by atoms with van der Waals surface area (Å²) in [5.74, 6) is -1.33. The van der Waals surface area contributed by atoms with Gasteiger partial charge < -0.3 is 9.47 Å². The fourth-order valence-corrected chi connectivity index (χ4v) is 2.43. The summed E-state index contributed by atoms with van der Waals surface area (Å²) in [5, 5.41) is 0. The van der Waals surface area contributed by atoms with Crippen LogP contribution in [0.5, 0.6) is 0 Å². The lowest BCUT2D eigenvalue weighted by molar-refractivity contribution is -0.153. The number of ether oxygens (including phenoxy) is 2. The first-order valence-electron chi connectivity index (χ1n) is 9.72. The topological polar surface area (TPSA) is 52.6 Å². The van der Waals surface area contributed by atoms with Gasteiger partial charge in [-0.3, -0.25) is 9.59 Å². The van der Waals surface area contributed by atoms with Gasteiger partial charge in [-0.1, -0.05) is 82.0 Å². The molecular formula is C22H32O4. The van der Waals surface area contributed by atoms with Crippen LogP contribution in [0, 0.1) is 5.92 Å². The van der Waals surface area contributed by atoms with E-state index >= 15 is 0 Å². The van der Waals surface area contributed by atoms with Gasteiger partial charge in [-0.25, -0.2) is 0 Å². The molecule has 0 fully saturated rings. The van der Waals surface area contributed by atoms with Crippen LogP contribution in [0.15, 0.2) is 36.4 Å². The highest BCUT2D eigenvalue weighted by Crippen LogP contribution is 2.13. The van der Waals surface area contributed by atoms with Crippen molar-refractivity contribution >= 4 is 18.0 Å². The average Bonchev–Trinajstić information content (AvgIpc) is 2.66. The molecule has 144 valence electrons. The van der Waals surface area contributed by atoms with Crippen molar-refractivity contribution in [2.45, 2.75) is 58.8 Å². The summed E-state index contributed by atoms with van der Waals surface area (Å²) >= 11 is 0. The molecular weight excluding hydrogens is 328 g/mol. The number of rotatable bonds is 13. The van der Waals surface area contributed by atoms with Crippen LogP contribution < -0.4 is 0 Å². The summed E-state index contributed by atoms with van der Waals surface area (Å²) < 4.78 is 10.6. The number of unbranched alkanes of at least 4 members (excludes halogenated alkanes) is 4. The Hall–Kier alpha value is -2.10. The standard InChI is InChI=1S/C22H32O4/c1-3-5-10-16-25-21(23)18-20(22(24)26-17-11-6-4-2)15-14-19-12-8-7-9-13-19/h7-9,12-15,20H,3-6,10-11,16-18H2,1-2H3/b15-14+. The second-order valence-electron chi connectivity index (χ2n) is 6.38. The van der Waals surface area contributed by atoms with Gasteiger partial charge in [0.25, 0.3) is 0 Å². The number of benzene rings is 1. The maximum atomic E-state index is 12.4. The van der Waals surface area contributed by atoms with Crippen LogP contribution >= 0.6 is 0 Å². The minimum absolute atomic E-state index is 0.0159. The van der Waals surface area contributed by atoms with Gasteiger partial charge in [0.15, 0.2) is 0 Å². The number of carbonyl (C=O) groups excluding carboxylic acids is 2. The molecule has 0 bridgehead atoms. The van der Waals surface area contributed by atoms with Gasteiger partial charge >= 0.3 is 11.9 Å². The third-order valence-electron chi connectivity index (χ3n) is 4.01. The van der Waals surface area contributed by atoms with E-state index in [4.69, 9.17) is 9.47 Å². The Morgan fingerprint density at radius 2 is 1.54 bits per heavy atom. The summed E-state index contributed by atoms with van der Waals surface area (Å²) in [4.78, 5) is 24.4. The van der Waals surface area contributed by atoms with Gasteiger partial charge in [0, 0.05) is 0 Å². The number of carbonyl (C=O) groups is 2. The second-order valence-corrected chi connectivity index (χ2v) is 6.38. The Balaban J connectivity index is 2.60. The monoisotopic (exact) mass is 360 g/mol. The van der Waals surface area contributed by atoms with E-state index in [1.54, 1.807) is 6.08 Å². The fraction of sp³-hybridized carbons (Fsp3) is 0.545. The third-order valence-corrected chi connectivity index (χ3v) is 4.01. The highest BCUT2D eigenvalue weighted by atomic mass is 16.5. The van der Waals surface area contributed by atoms with Crippen molar-refractivity contribution in [1.82, 2.24) is 0 Å². The Morgan fingerprint density at radius 3 is 2.15 bits per heavy atom. The van der Waals surface area contributed by atoms with E-state index in [0.717, 1.165) is 44.1 Å². The van der Waals surface area contributed by atoms with Gasteiger partial charge in [-0.15, -0.1) is 0 Å². The van der Waals surface area contributed by atoms with Crippen LogP contribution in [0.25, 0.3) is 6.08 Å². The van der Waals surface area contributed by atoms with Crippen LogP contribution in [0.3, 0.4) is 0 Å². The summed E-state index contributed by atoms with van der Waals surface area (Å²) in [5.41, 5.74) is 0.979. The lowest BCUT2D eigenvalue weighted by Crippen LogP contribution is -2.21. The minimum atomic E-state index is -0.615. The zero-order valence-electron chi connectivity index (χ0n) is 16.1. The van der Waals surface area contributed by atoms with Crippen molar-refractivity contribution in [3.8, 4) is 0 Å². The minimum Gasteiger partial charge on any atom is -0.466 e. The van der Waals surface area contributed by atoms with E-state index < -0.39 is 5.92 Å². The molecule has 4 heteroatoms. The van der Waals surface area contributed by atoms with E-state index in [9.17, 15) is 9.59 Å². The molecule has 1 aromatic rings. The molecule has 4 nitrogen and oxygen atoms in total. The Morgan fingerprint density at radius 1 is 0.923 bits per heavy atom. The van der Waals surface area contributed by atoms with Gasteiger partial charge in [0.1, 0.15) is 0 Å². The highest BCUT2D eigenvalue weighted by molar-refractivity contribution is 5.82. The Labute approximate surface area is 157 Å². The molecule has 1 atom stereocenters. The number of hydrogen-bond acceptors (Lipinski definition) is 4. The molecule has 0 N–H and O–H groups in total. The molecule has 26 heavy (non-hydrogen) atoms. The highest BCUT2D eigenvalue weighted by Gasteiger charge is 2.21. The summed E-state index contributed by atoms with van der Waals surface area (Å²) in [6.45, 7) is 5.00. The first-order valence-corrected chi connectivity index (χ1v) is 9.72. The van der Waals surface area contributed by atoms with Crippen molar-refractivity contribution in [2.75, 3.05) is 13.2 Å². The van der Waals surface area contributed by atoms with E-state index in [0.29, 0.717) is 13.2 Å². The summed E-state index contributed by atoms with van der Waals surface area (Å²) in [7, 11) is 0. The largest absolute Gasteiger partial charge is 0.466 e. The molecule has 0 amide bonds. The molecule has 0 radical (unpaired) electrons. The molecule has 0 spiro atoms. The molecule has 0 aliphatic rings. The molecule has 1 rings (SSSR count). The third kappa shape index (κ3) is 10.0. The van der Waals surface area contributed by atoms with Crippen LogP contribution in [-0.2, 0) is 19.1 Å². The molecule has 0 saturated carbocycles. The van der Waals surface area contributed by atoms with Crippen LogP contribution in [-0.4, -0.2) is 25.2 Å². The number of hydrogen-bond donors (Lipinski definition) is 0. The van der Waals surface area contributed by atoms with Crippen LogP contribution in [0.1, 0.15) is 64.4 Å². The normalized spacial score (nSPS) is 12.1.